The first-order valence-corrected chi connectivity index (χ1v) is 7.06. The quantitative estimate of drug-likeness (QED) is 0.598. The highest BCUT2D eigenvalue weighted by Crippen LogP contribution is 2.37. The van der Waals surface area contributed by atoms with Crippen LogP contribution < -0.4 is 0 Å². The van der Waals surface area contributed by atoms with Gasteiger partial charge in [0, 0.05) is 14.8 Å². The zero-order valence-electron chi connectivity index (χ0n) is 8.38. The van der Waals surface area contributed by atoms with E-state index in [1.165, 1.54) is 38.3 Å². The molecule has 1 rings (SSSR count). The predicted molar refractivity (Wildman–Crippen MR) is 55.9 cm³/mol. The lowest BCUT2D eigenvalue weighted by molar-refractivity contribution is 0.377. The first-order valence-electron chi connectivity index (χ1n) is 5.17. The van der Waals surface area contributed by atoms with Crippen LogP contribution in [0.1, 0.15) is 39.0 Å². The van der Waals surface area contributed by atoms with Gasteiger partial charge in [0.05, 0.1) is 0 Å². The molecule has 0 N–H and O–H groups in total. The third-order valence-corrected chi connectivity index (χ3v) is 4.26. The van der Waals surface area contributed by atoms with Gasteiger partial charge in [0.15, 0.2) is 0 Å². The summed E-state index contributed by atoms with van der Waals surface area (Å²) >= 11 is 0. The van der Waals surface area contributed by atoms with E-state index >= 15 is 0 Å². The van der Waals surface area contributed by atoms with Gasteiger partial charge in [-0.05, 0) is 32.1 Å². The molecule has 0 saturated heterocycles. The third kappa shape index (κ3) is 3.87. The van der Waals surface area contributed by atoms with Crippen LogP contribution in [-0.2, 0) is 4.52 Å². The minimum absolute atomic E-state index is 0.0968. The molecule has 0 heterocycles. The van der Waals surface area contributed by atoms with Crippen LogP contribution in [0.25, 0.3) is 0 Å². The summed E-state index contributed by atoms with van der Waals surface area (Å²) in [4.78, 5) is 0. The molecule has 1 atom stereocenters. The topological polar surface area (TPSA) is 9.23 Å². The molecule has 72 valence electrons. The molecular formula is C10H21OP. The Morgan fingerprint density at radius 3 is 2.58 bits per heavy atom. The Bertz CT molecular complexity index is 110. The van der Waals surface area contributed by atoms with Crippen LogP contribution in [0.2, 0.25) is 0 Å². The first kappa shape index (κ1) is 10.5. The maximum absolute atomic E-state index is 5.57. The van der Waals surface area contributed by atoms with Crippen LogP contribution >= 0.6 is 8.15 Å². The van der Waals surface area contributed by atoms with Gasteiger partial charge in [0.25, 0.3) is 0 Å². The molecule has 1 fully saturated rings. The van der Waals surface area contributed by atoms with Crippen molar-refractivity contribution in [3.05, 3.63) is 0 Å². The van der Waals surface area contributed by atoms with Crippen molar-refractivity contribution in [2.24, 2.45) is 5.92 Å². The lowest BCUT2D eigenvalue weighted by atomic mass is 10.1. The van der Waals surface area contributed by atoms with Gasteiger partial charge in [-0.2, -0.15) is 0 Å². The summed E-state index contributed by atoms with van der Waals surface area (Å²) in [5, 5.41) is 0. The Morgan fingerprint density at radius 2 is 2.00 bits per heavy atom. The van der Waals surface area contributed by atoms with Gasteiger partial charge >= 0.3 is 0 Å². The predicted octanol–water partition coefficient (Wildman–Crippen LogP) is 3.63. The highest BCUT2D eigenvalue weighted by atomic mass is 31.1. The van der Waals surface area contributed by atoms with E-state index < -0.39 is 0 Å². The second-order valence-electron chi connectivity index (χ2n) is 3.71. The second-order valence-corrected chi connectivity index (χ2v) is 5.67. The van der Waals surface area contributed by atoms with Crippen LogP contribution in [0.4, 0.5) is 0 Å². The molecule has 0 aromatic heterocycles. The smallest absolute Gasteiger partial charge is 0.0480 e. The van der Waals surface area contributed by atoms with E-state index in [1.807, 2.05) is 0 Å². The number of rotatable bonds is 5. The van der Waals surface area contributed by atoms with Crippen molar-refractivity contribution in [1.82, 2.24) is 0 Å². The fourth-order valence-electron chi connectivity index (χ4n) is 1.95. The summed E-state index contributed by atoms with van der Waals surface area (Å²) in [5.41, 5.74) is 0. The molecule has 0 aromatic rings. The van der Waals surface area contributed by atoms with E-state index in [1.54, 1.807) is 0 Å². The fraction of sp³-hybridized carbons (Fsp3) is 1.00. The summed E-state index contributed by atoms with van der Waals surface area (Å²) < 4.78 is 5.57. The van der Waals surface area contributed by atoms with E-state index in [9.17, 15) is 0 Å². The number of hydrogen-bond donors (Lipinski definition) is 0. The minimum Gasteiger partial charge on any atom is -0.360 e. The number of hydrogen-bond acceptors (Lipinski definition) is 1. The van der Waals surface area contributed by atoms with Crippen molar-refractivity contribution < 1.29 is 4.52 Å². The molecular weight excluding hydrogens is 167 g/mol. The minimum atomic E-state index is -0.0968. The van der Waals surface area contributed by atoms with Gasteiger partial charge < -0.3 is 4.52 Å². The molecule has 1 unspecified atom stereocenters. The third-order valence-electron chi connectivity index (χ3n) is 2.68. The average Bonchev–Trinajstić information content (AvgIpc) is 2.53. The van der Waals surface area contributed by atoms with E-state index in [0.29, 0.717) is 0 Å². The summed E-state index contributed by atoms with van der Waals surface area (Å²) in [7, 11) is -0.0968. The SMILES string of the molecule is CCOP(C)CCC1CCCC1. The second kappa shape index (κ2) is 5.94. The van der Waals surface area contributed by atoms with E-state index in [4.69, 9.17) is 4.52 Å². The van der Waals surface area contributed by atoms with Crippen LogP contribution in [-0.4, -0.2) is 19.4 Å². The van der Waals surface area contributed by atoms with Crippen molar-refractivity contribution in [1.29, 1.82) is 0 Å². The molecule has 0 aliphatic heterocycles. The fourth-order valence-corrected chi connectivity index (χ4v) is 3.25. The summed E-state index contributed by atoms with van der Waals surface area (Å²) in [6.07, 6.45) is 8.66. The zero-order chi connectivity index (χ0) is 8.81. The van der Waals surface area contributed by atoms with E-state index in [2.05, 4.69) is 13.6 Å². The molecule has 2 heteroatoms. The molecule has 0 radical (unpaired) electrons. The Balaban J connectivity index is 1.99. The Hall–Kier alpha value is 0.390. The van der Waals surface area contributed by atoms with Gasteiger partial charge in [0.2, 0.25) is 0 Å². The van der Waals surface area contributed by atoms with Crippen molar-refractivity contribution in [2.45, 2.75) is 39.0 Å². The Labute approximate surface area is 77.7 Å². The lowest BCUT2D eigenvalue weighted by Gasteiger charge is -2.14. The molecule has 1 aliphatic rings. The molecule has 0 spiro atoms. The average molecular weight is 188 g/mol. The van der Waals surface area contributed by atoms with Crippen molar-refractivity contribution in [3.63, 3.8) is 0 Å². The van der Waals surface area contributed by atoms with Crippen LogP contribution in [0, 0.1) is 5.92 Å². The Morgan fingerprint density at radius 1 is 1.33 bits per heavy atom. The van der Waals surface area contributed by atoms with Crippen LogP contribution in [0.3, 0.4) is 0 Å². The van der Waals surface area contributed by atoms with Gasteiger partial charge in [-0.25, -0.2) is 0 Å². The molecule has 12 heavy (non-hydrogen) atoms. The maximum Gasteiger partial charge on any atom is 0.0480 e. The van der Waals surface area contributed by atoms with E-state index in [0.717, 1.165) is 12.5 Å². The summed E-state index contributed by atoms with van der Waals surface area (Å²) in [6.45, 7) is 5.25. The molecule has 0 amide bonds. The normalized spacial score (nSPS) is 21.5. The van der Waals surface area contributed by atoms with Crippen molar-refractivity contribution >= 4 is 8.15 Å². The van der Waals surface area contributed by atoms with Gasteiger partial charge in [-0.3, -0.25) is 0 Å². The molecule has 1 aliphatic carbocycles. The lowest BCUT2D eigenvalue weighted by Crippen LogP contribution is -1.97. The monoisotopic (exact) mass is 188 g/mol. The van der Waals surface area contributed by atoms with Crippen molar-refractivity contribution in [3.8, 4) is 0 Å². The molecule has 1 saturated carbocycles. The summed E-state index contributed by atoms with van der Waals surface area (Å²) in [5.74, 6) is 1.04. The van der Waals surface area contributed by atoms with E-state index in [-0.39, 0.29) is 8.15 Å². The first-order chi connectivity index (χ1) is 5.83. The van der Waals surface area contributed by atoms with Gasteiger partial charge in [0.1, 0.15) is 0 Å². The maximum atomic E-state index is 5.57. The Kier molecular flexibility index (Phi) is 5.18. The highest BCUT2D eigenvalue weighted by Gasteiger charge is 2.15. The van der Waals surface area contributed by atoms with Crippen LogP contribution in [0.5, 0.6) is 0 Å². The standard InChI is InChI=1S/C10H21OP/c1-3-11-12(2)9-8-10-6-4-5-7-10/h10H,3-9H2,1-2H3. The van der Waals surface area contributed by atoms with Crippen LogP contribution in [0.15, 0.2) is 0 Å². The highest BCUT2D eigenvalue weighted by molar-refractivity contribution is 7.51. The molecule has 0 aromatic carbocycles. The summed E-state index contributed by atoms with van der Waals surface area (Å²) in [6, 6.07) is 0. The molecule has 0 bridgehead atoms. The zero-order valence-corrected chi connectivity index (χ0v) is 9.28. The molecule has 1 nitrogen and oxygen atoms in total. The van der Waals surface area contributed by atoms with Gasteiger partial charge in [-0.1, -0.05) is 25.7 Å². The largest absolute Gasteiger partial charge is 0.360 e. The van der Waals surface area contributed by atoms with Gasteiger partial charge in [-0.15, -0.1) is 0 Å². The van der Waals surface area contributed by atoms with Crippen molar-refractivity contribution in [2.75, 3.05) is 19.4 Å².